The molecule has 10 heteroatoms. The highest BCUT2D eigenvalue weighted by Gasteiger charge is 2.44. The minimum absolute atomic E-state index is 0.118. The second-order valence-corrected chi connectivity index (χ2v) is 9.56. The Balaban J connectivity index is 1.09. The zero-order chi connectivity index (χ0) is 25.3. The van der Waals surface area contributed by atoms with Crippen LogP contribution in [0.15, 0.2) is 36.4 Å². The first kappa shape index (κ1) is 24.4. The Morgan fingerprint density at radius 1 is 0.944 bits per heavy atom. The predicted molar refractivity (Wildman–Crippen MR) is 125 cm³/mol. The molecule has 1 N–H and O–H groups in total. The number of fused-ring (bicyclic) bond motifs is 2. The van der Waals surface area contributed by atoms with Gasteiger partial charge in [0.05, 0.1) is 11.7 Å². The van der Waals surface area contributed by atoms with E-state index in [9.17, 15) is 22.8 Å². The Morgan fingerprint density at radius 2 is 1.72 bits per heavy atom. The van der Waals surface area contributed by atoms with E-state index in [-0.39, 0.29) is 12.4 Å². The van der Waals surface area contributed by atoms with Gasteiger partial charge in [-0.25, -0.2) is 22.8 Å². The van der Waals surface area contributed by atoms with Gasteiger partial charge in [0, 0.05) is 38.0 Å². The maximum absolute atomic E-state index is 13.9. The molecule has 2 aromatic rings. The summed E-state index contributed by atoms with van der Waals surface area (Å²) in [5, 5.41) is 2.65. The van der Waals surface area contributed by atoms with Crippen LogP contribution < -0.4 is 5.32 Å². The summed E-state index contributed by atoms with van der Waals surface area (Å²) in [7, 11) is 0. The molecule has 0 aromatic heterocycles. The summed E-state index contributed by atoms with van der Waals surface area (Å²) >= 11 is 0. The molecule has 2 amide bonds. The molecule has 2 saturated heterocycles. The third-order valence-corrected chi connectivity index (χ3v) is 7.34. The second-order valence-electron chi connectivity index (χ2n) is 9.56. The fourth-order valence-electron chi connectivity index (χ4n) is 5.37. The number of benzene rings is 2. The maximum Gasteiger partial charge on any atom is 0.412 e. The smallest absolute Gasteiger partial charge is 0.412 e. The van der Waals surface area contributed by atoms with E-state index in [1.807, 2.05) is 0 Å². The third kappa shape index (κ3) is 4.86. The van der Waals surface area contributed by atoms with Crippen molar-refractivity contribution < 1.29 is 32.2 Å². The number of hydrogen-bond donors (Lipinski definition) is 1. The molecule has 1 spiro atoms. The summed E-state index contributed by atoms with van der Waals surface area (Å²) in [5.41, 5.74) is 1.00. The summed E-state index contributed by atoms with van der Waals surface area (Å²) in [4.78, 5) is 28.1. The van der Waals surface area contributed by atoms with Crippen molar-refractivity contribution in [1.82, 2.24) is 9.80 Å². The number of halogens is 3. The molecule has 3 heterocycles. The number of carbonyl (C=O) groups is 2. The molecule has 1 atom stereocenters. The van der Waals surface area contributed by atoms with Crippen molar-refractivity contribution >= 4 is 17.9 Å². The van der Waals surface area contributed by atoms with Crippen molar-refractivity contribution in [2.45, 2.75) is 43.7 Å². The van der Waals surface area contributed by atoms with Gasteiger partial charge < -0.3 is 14.4 Å². The van der Waals surface area contributed by atoms with Gasteiger partial charge in [-0.3, -0.25) is 10.2 Å². The number of piperidine rings is 1. The standard InChI is InChI=1S/C26H28F3N3O4/c27-18-5-7-22-19(15-18)26(36-24(33)30-22)8-12-31(13-9-26)10-2-1-3-11-32-23(16-35-25(32)34)17-4-6-20(28)21(29)14-17/h4-7,14-15,23H,1-3,8-13,16H2,(H,30,33). The number of rotatable bonds is 7. The Morgan fingerprint density at radius 3 is 2.50 bits per heavy atom. The van der Waals surface area contributed by atoms with Crippen molar-refractivity contribution in [3.8, 4) is 0 Å². The molecule has 3 aliphatic rings. The lowest BCUT2D eigenvalue weighted by molar-refractivity contribution is -0.0382. The molecule has 2 aromatic carbocycles. The largest absolute Gasteiger partial charge is 0.447 e. The predicted octanol–water partition coefficient (Wildman–Crippen LogP) is 5.32. The van der Waals surface area contributed by atoms with E-state index in [4.69, 9.17) is 9.47 Å². The molecule has 3 aliphatic heterocycles. The number of hydrogen-bond acceptors (Lipinski definition) is 5. The Bertz CT molecular complexity index is 1150. The fourth-order valence-corrected chi connectivity index (χ4v) is 5.37. The summed E-state index contributed by atoms with van der Waals surface area (Å²) in [5.74, 6) is -2.22. The van der Waals surface area contributed by atoms with E-state index < -0.39 is 35.5 Å². The van der Waals surface area contributed by atoms with E-state index >= 15 is 0 Å². The Labute approximate surface area is 207 Å². The number of likely N-dealkylation sites (tertiary alicyclic amines) is 1. The third-order valence-electron chi connectivity index (χ3n) is 7.34. The zero-order valence-electron chi connectivity index (χ0n) is 19.8. The molecule has 0 bridgehead atoms. The van der Waals surface area contributed by atoms with E-state index in [1.165, 1.54) is 18.2 Å². The summed E-state index contributed by atoms with van der Waals surface area (Å²) < 4.78 is 51.6. The van der Waals surface area contributed by atoms with Gasteiger partial charge in [0.15, 0.2) is 11.6 Å². The van der Waals surface area contributed by atoms with Crippen LogP contribution in [0.1, 0.15) is 49.3 Å². The van der Waals surface area contributed by atoms with Crippen LogP contribution in [0.5, 0.6) is 0 Å². The quantitative estimate of drug-likeness (QED) is 0.518. The molecular formula is C26H28F3N3O4. The summed E-state index contributed by atoms with van der Waals surface area (Å²) in [6.45, 7) is 2.89. The van der Waals surface area contributed by atoms with Crippen molar-refractivity contribution in [3.05, 3.63) is 65.0 Å². The van der Waals surface area contributed by atoms with Crippen molar-refractivity contribution in [1.29, 1.82) is 0 Å². The number of nitrogens with zero attached hydrogens (tertiary/aromatic N) is 2. The molecule has 0 radical (unpaired) electrons. The lowest BCUT2D eigenvalue weighted by Gasteiger charge is -2.44. The van der Waals surface area contributed by atoms with E-state index in [0.717, 1.165) is 51.0 Å². The van der Waals surface area contributed by atoms with Gasteiger partial charge in [0.25, 0.3) is 0 Å². The SMILES string of the molecule is O=C1Nc2ccc(F)cc2C2(CCN(CCCCCN3C(=O)OCC3c3ccc(F)c(F)c3)CC2)O1. The van der Waals surface area contributed by atoms with E-state index in [1.54, 1.807) is 11.0 Å². The molecule has 192 valence electrons. The van der Waals surface area contributed by atoms with Gasteiger partial charge in [-0.15, -0.1) is 0 Å². The monoisotopic (exact) mass is 503 g/mol. The Kier molecular flexibility index (Phi) is 6.79. The minimum Gasteiger partial charge on any atom is -0.447 e. The average Bonchev–Trinajstić information content (AvgIpc) is 3.22. The van der Waals surface area contributed by atoms with Gasteiger partial charge in [0.1, 0.15) is 18.0 Å². The van der Waals surface area contributed by atoms with Crippen LogP contribution in [0.25, 0.3) is 0 Å². The molecule has 1 unspecified atom stereocenters. The van der Waals surface area contributed by atoms with Gasteiger partial charge >= 0.3 is 12.2 Å². The number of amides is 2. The molecule has 0 aliphatic carbocycles. The number of ether oxygens (including phenoxy) is 2. The van der Waals surface area contributed by atoms with Gasteiger partial charge in [-0.1, -0.05) is 12.5 Å². The zero-order valence-corrected chi connectivity index (χ0v) is 19.8. The topological polar surface area (TPSA) is 71.1 Å². The number of carbonyl (C=O) groups excluding carboxylic acids is 2. The van der Waals surface area contributed by atoms with E-state index in [2.05, 4.69) is 10.2 Å². The van der Waals surface area contributed by atoms with Crippen LogP contribution in [0.4, 0.5) is 28.4 Å². The highest BCUT2D eigenvalue weighted by Crippen LogP contribution is 2.43. The highest BCUT2D eigenvalue weighted by atomic mass is 19.2. The van der Waals surface area contributed by atoms with Crippen LogP contribution in [0.2, 0.25) is 0 Å². The maximum atomic E-state index is 13.9. The number of unbranched alkanes of at least 4 members (excludes halogenated alkanes) is 2. The molecule has 36 heavy (non-hydrogen) atoms. The van der Waals surface area contributed by atoms with Gasteiger partial charge in [-0.2, -0.15) is 0 Å². The molecule has 2 fully saturated rings. The van der Waals surface area contributed by atoms with Crippen LogP contribution in [-0.2, 0) is 15.1 Å². The fraction of sp³-hybridized carbons (Fsp3) is 0.462. The van der Waals surface area contributed by atoms with Crippen LogP contribution in [0.3, 0.4) is 0 Å². The molecule has 7 nitrogen and oxygen atoms in total. The van der Waals surface area contributed by atoms with Crippen LogP contribution >= 0.6 is 0 Å². The van der Waals surface area contributed by atoms with Gasteiger partial charge in [0.2, 0.25) is 0 Å². The first-order valence-corrected chi connectivity index (χ1v) is 12.3. The van der Waals surface area contributed by atoms with Gasteiger partial charge in [-0.05, 0) is 55.3 Å². The minimum atomic E-state index is -0.942. The molecular weight excluding hydrogens is 475 g/mol. The van der Waals surface area contributed by atoms with Crippen LogP contribution in [-0.4, -0.2) is 54.8 Å². The number of nitrogens with one attached hydrogen (secondary N) is 1. The van der Waals surface area contributed by atoms with Crippen molar-refractivity contribution in [2.75, 3.05) is 38.1 Å². The molecule has 0 saturated carbocycles. The highest BCUT2D eigenvalue weighted by molar-refractivity contribution is 5.88. The lowest BCUT2D eigenvalue weighted by Crippen LogP contribution is -2.48. The first-order valence-electron chi connectivity index (χ1n) is 12.3. The number of anilines is 1. The summed E-state index contributed by atoms with van der Waals surface area (Å²) in [6.07, 6.45) is 2.77. The van der Waals surface area contributed by atoms with E-state index in [0.29, 0.717) is 36.2 Å². The summed E-state index contributed by atoms with van der Waals surface area (Å²) in [6, 6.07) is 7.58. The van der Waals surface area contributed by atoms with Crippen molar-refractivity contribution in [2.24, 2.45) is 0 Å². The molecule has 5 rings (SSSR count). The lowest BCUT2D eigenvalue weighted by atomic mass is 9.82. The first-order chi connectivity index (χ1) is 17.3. The Hall–Kier alpha value is -3.27. The van der Waals surface area contributed by atoms with Crippen molar-refractivity contribution in [3.63, 3.8) is 0 Å². The normalized spacial score (nSPS) is 21.2. The number of cyclic esters (lactones) is 1. The second kappa shape index (κ2) is 10.0. The average molecular weight is 504 g/mol. The van der Waals surface area contributed by atoms with Crippen LogP contribution in [0, 0.1) is 17.5 Å².